The lowest BCUT2D eigenvalue weighted by Crippen LogP contribution is -2.43. The molecule has 11 heteroatoms. The predicted octanol–water partition coefficient (Wildman–Crippen LogP) is 1.58. The third kappa shape index (κ3) is 5.25. The van der Waals surface area contributed by atoms with Crippen LogP contribution in [-0.4, -0.2) is 46.8 Å². The van der Waals surface area contributed by atoms with Gasteiger partial charge in [-0.25, -0.2) is 0 Å². The fourth-order valence-corrected chi connectivity index (χ4v) is 3.14. The Labute approximate surface area is 182 Å². The molecule has 2 aromatic carbocycles. The van der Waals surface area contributed by atoms with Crippen LogP contribution in [0, 0.1) is 23.0 Å². The number of hydrazine groups is 1. The zero-order valence-corrected chi connectivity index (χ0v) is 17.1. The van der Waals surface area contributed by atoms with Crippen molar-refractivity contribution in [2.75, 3.05) is 18.5 Å². The van der Waals surface area contributed by atoms with Crippen LogP contribution in [0.1, 0.15) is 22.3 Å². The SMILES string of the molecule is Cc1ccccc1NC(=O)COC(=O)[C@@H]1CC(=O)N(NC(=O)c2ccccc2[N+](=O)[O-])C1. The summed E-state index contributed by atoms with van der Waals surface area (Å²) in [6, 6.07) is 12.4. The highest BCUT2D eigenvalue weighted by atomic mass is 16.6. The number of anilines is 1. The van der Waals surface area contributed by atoms with Gasteiger partial charge in [-0.3, -0.25) is 39.7 Å². The zero-order chi connectivity index (χ0) is 23.3. The first-order valence-electron chi connectivity index (χ1n) is 9.63. The molecule has 0 unspecified atom stereocenters. The Hall–Kier alpha value is -4.28. The molecule has 1 saturated heterocycles. The van der Waals surface area contributed by atoms with Crippen molar-refractivity contribution in [2.45, 2.75) is 13.3 Å². The van der Waals surface area contributed by atoms with E-state index in [1.807, 2.05) is 19.1 Å². The maximum atomic E-state index is 12.4. The quantitative estimate of drug-likeness (QED) is 0.377. The van der Waals surface area contributed by atoms with Crippen molar-refractivity contribution in [3.63, 3.8) is 0 Å². The monoisotopic (exact) mass is 440 g/mol. The van der Waals surface area contributed by atoms with Gasteiger partial charge < -0.3 is 10.1 Å². The number of nitrogens with zero attached hydrogens (tertiary/aromatic N) is 2. The van der Waals surface area contributed by atoms with Crippen molar-refractivity contribution >= 4 is 35.1 Å². The number of nitro groups is 1. The molecule has 3 amide bonds. The number of nitro benzene ring substituents is 1. The third-order valence-corrected chi connectivity index (χ3v) is 4.80. The zero-order valence-electron chi connectivity index (χ0n) is 17.1. The Kier molecular flexibility index (Phi) is 6.78. The molecule has 1 fully saturated rings. The van der Waals surface area contributed by atoms with E-state index in [0.29, 0.717) is 5.69 Å². The van der Waals surface area contributed by atoms with E-state index in [2.05, 4.69) is 10.7 Å². The van der Waals surface area contributed by atoms with Crippen LogP contribution < -0.4 is 10.7 Å². The molecule has 2 aromatic rings. The molecule has 0 spiro atoms. The summed E-state index contributed by atoms with van der Waals surface area (Å²) >= 11 is 0. The van der Waals surface area contributed by atoms with E-state index in [9.17, 15) is 29.3 Å². The van der Waals surface area contributed by atoms with Gasteiger partial charge in [-0.05, 0) is 24.6 Å². The maximum Gasteiger partial charge on any atom is 0.311 e. The van der Waals surface area contributed by atoms with E-state index in [0.717, 1.165) is 10.6 Å². The normalized spacial score (nSPS) is 15.2. The van der Waals surface area contributed by atoms with Gasteiger partial charge in [0.15, 0.2) is 6.61 Å². The van der Waals surface area contributed by atoms with E-state index in [1.165, 1.54) is 24.3 Å². The molecule has 166 valence electrons. The molecule has 0 bridgehead atoms. The number of nitrogens with one attached hydrogen (secondary N) is 2. The lowest BCUT2D eigenvalue weighted by Gasteiger charge is -2.17. The van der Waals surface area contributed by atoms with Gasteiger partial charge >= 0.3 is 5.97 Å². The highest BCUT2D eigenvalue weighted by Crippen LogP contribution is 2.21. The van der Waals surface area contributed by atoms with Crippen LogP contribution in [0.2, 0.25) is 0 Å². The number of rotatable bonds is 7. The number of esters is 1. The minimum absolute atomic E-state index is 0.177. The number of carbonyl (C=O) groups excluding carboxylic acids is 4. The molecule has 1 heterocycles. The number of hydrogen-bond donors (Lipinski definition) is 2. The average Bonchev–Trinajstić information content (AvgIpc) is 3.13. The Morgan fingerprint density at radius 3 is 2.56 bits per heavy atom. The summed E-state index contributed by atoms with van der Waals surface area (Å²) in [7, 11) is 0. The summed E-state index contributed by atoms with van der Waals surface area (Å²) in [6.07, 6.45) is -0.227. The van der Waals surface area contributed by atoms with Crippen LogP contribution >= 0.6 is 0 Å². The van der Waals surface area contributed by atoms with Crippen LogP contribution in [0.5, 0.6) is 0 Å². The fraction of sp³-hybridized carbons (Fsp3) is 0.238. The molecular weight excluding hydrogens is 420 g/mol. The van der Waals surface area contributed by atoms with Crippen LogP contribution in [0.3, 0.4) is 0 Å². The summed E-state index contributed by atoms with van der Waals surface area (Å²) in [5.74, 6) is -3.58. The molecule has 11 nitrogen and oxygen atoms in total. The van der Waals surface area contributed by atoms with E-state index in [4.69, 9.17) is 4.74 Å². The van der Waals surface area contributed by atoms with E-state index in [-0.39, 0.29) is 18.5 Å². The van der Waals surface area contributed by atoms with Crippen molar-refractivity contribution in [1.82, 2.24) is 10.4 Å². The molecular formula is C21H20N4O7. The van der Waals surface area contributed by atoms with Gasteiger partial charge in [-0.1, -0.05) is 30.3 Å². The molecule has 0 aromatic heterocycles. The average molecular weight is 440 g/mol. The first kappa shape index (κ1) is 22.4. The second-order valence-electron chi connectivity index (χ2n) is 7.09. The number of amides is 3. The first-order valence-corrected chi connectivity index (χ1v) is 9.63. The van der Waals surface area contributed by atoms with E-state index in [1.54, 1.807) is 12.1 Å². The molecule has 2 N–H and O–H groups in total. The van der Waals surface area contributed by atoms with Crippen LogP contribution in [0.4, 0.5) is 11.4 Å². The molecule has 1 aliphatic rings. The molecule has 32 heavy (non-hydrogen) atoms. The van der Waals surface area contributed by atoms with Gasteiger partial charge in [0, 0.05) is 18.2 Å². The number of hydrogen-bond acceptors (Lipinski definition) is 7. The Bertz CT molecular complexity index is 1090. The number of para-hydroxylation sites is 2. The minimum Gasteiger partial charge on any atom is -0.455 e. The molecule has 0 aliphatic carbocycles. The Morgan fingerprint density at radius 1 is 1.16 bits per heavy atom. The summed E-state index contributed by atoms with van der Waals surface area (Å²) < 4.78 is 5.00. The van der Waals surface area contributed by atoms with Gasteiger partial charge in [-0.2, -0.15) is 0 Å². The summed E-state index contributed by atoms with van der Waals surface area (Å²) in [4.78, 5) is 59.2. The molecule has 0 saturated carbocycles. The lowest BCUT2D eigenvalue weighted by atomic mass is 10.1. The number of carbonyl (C=O) groups is 4. The standard InChI is InChI=1S/C21H20N4O7/c1-13-6-2-4-8-16(13)22-18(26)12-32-21(29)14-10-19(27)24(11-14)23-20(28)15-7-3-5-9-17(15)25(30)31/h2-9,14H,10-12H2,1H3,(H,22,26)(H,23,28)/t14-/m1/s1. The lowest BCUT2D eigenvalue weighted by molar-refractivity contribution is -0.385. The van der Waals surface area contributed by atoms with Crippen molar-refractivity contribution in [3.8, 4) is 0 Å². The summed E-state index contributed by atoms with van der Waals surface area (Å²) in [5, 5.41) is 14.6. The van der Waals surface area contributed by atoms with Gasteiger partial charge in [0.05, 0.1) is 17.4 Å². The molecule has 0 radical (unpaired) electrons. The van der Waals surface area contributed by atoms with Gasteiger partial charge in [0.1, 0.15) is 5.56 Å². The molecule has 3 rings (SSSR count). The molecule has 1 aliphatic heterocycles. The topological polar surface area (TPSA) is 148 Å². The first-order chi connectivity index (χ1) is 15.3. The highest BCUT2D eigenvalue weighted by Gasteiger charge is 2.37. The Morgan fingerprint density at radius 2 is 1.84 bits per heavy atom. The van der Waals surface area contributed by atoms with Gasteiger partial charge in [0.25, 0.3) is 17.5 Å². The number of ether oxygens (including phenoxy) is 1. The number of benzene rings is 2. The van der Waals surface area contributed by atoms with Crippen molar-refractivity contribution in [3.05, 3.63) is 69.8 Å². The maximum absolute atomic E-state index is 12.4. The van der Waals surface area contributed by atoms with Crippen molar-refractivity contribution in [1.29, 1.82) is 0 Å². The number of aryl methyl sites for hydroxylation is 1. The van der Waals surface area contributed by atoms with Crippen LogP contribution in [-0.2, 0) is 19.1 Å². The van der Waals surface area contributed by atoms with E-state index < -0.39 is 46.8 Å². The largest absolute Gasteiger partial charge is 0.455 e. The second kappa shape index (κ2) is 9.69. The van der Waals surface area contributed by atoms with Crippen molar-refractivity contribution in [2.24, 2.45) is 5.92 Å². The summed E-state index contributed by atoms with van der Waals surface area (Å²) in [5.41, 5.74) is 3.09. The Balaban J connectivity index is 1.53. The summed E-state index contributed by atoms with van der Waals surface area (Å²) in [6.45, 7) is 1.11. The third-order valence-electron chi connectivity index (χ3n) is 4.80. The smallest absolute Gasteiger partial charge is 0.311 e. The fourth-order valence-electron chi connectivity index (χ4n) is 3.14. The predicted molar refractivity (Wildman–Crippen MR) is 111 cm³/mol. The van der Waals surface area contributed by atoms with E-state index >= 15 is 0 Å². The highest BCUT2D eigenvalue weighted by molar-refractivity contribution is 5.99. The van der Waals surface area contributed by atoms with Crippen LogP contribution in [0.25, 0.3) is 0 Å². The molecule has 1 atom stereocenters. The van der Waals surface area contributed by atoms with Crippen molar-refractivity contribution < 1.29 is 28.8 Å². The van der Waals surface area contributed by atoms with Gasteiger partial charge in [-0.15, -0.1) is 0 Å². The minimum atomic E-state index is -0.889. The second-order valence-corrected chi connectivity index (χ2v) is 7.09. The van der Waals surface area contributed by atoms with Crippen LogP contribution in [0.15, 0.2) is 48.5 Å². The van der Waals surface area contributed by atoms with Gasteiger partial charge in [0.2, 0.25) is 5.91 Å².